The summed E-state index contributed by atoms with van der Waals surface area (Å²) < 4.78 is 5.34. The van der Waals surface area contributed by atoms with Gasteiger partial charge in [-0.05, 0) is 24.1 Å². The van der Waals surface area contributed by atoms with Crippen LogP contribution < -0.4 is 0 Å². The second-order valence-electron chi connectivity index (χ2n) is 5.74. The maximum atomic E-state index is 12.3. The van der Waals surface area contributed by atoms with Gasteiger partial charge in [-0.1, -0.05) is 37.3 Å². The molecule has 0 saturated heterocycles. The Labute approximate surface area is 139 Å². The molecule has 0 aromatic heterocycles. The standard InChI is InChI=1S/C18H18N2O4/c1-2-18(17(22)23)8-9-20-14(11-19-15(20)10-18)16(21)24-12-13-6-4-3-5-7-13/h3-11,14H,2,12H2,1H3,(H,22,23). The number of hydrogen-bond donors (Lipinski definition) is 1. The SMILES string of the molecule is CCC1(C(=O)O)C=CN2C(=C1)N=CC2C(=O)OCc1ccccc1. The van der Waals surface area contributed by atoms with E-state index in [1.807, 2.05) is 30.3 Å². The minimum atomic E-state index is -1.08. The molecule has 6 heteroatoms. The zero-order chi connectivity index (χ0) is 17.2. The molecule has 0 amide bonds. The highest BCUT2D eigenvalue weighted by Gasteiger charge is 2.40. The minimum Gasteiger partial charge on any atom is -0.480 e. The number of carboxylic acids is 1. The van der Waals surface area contributed by atoms with Crippen LogP contribution in [0.1, 0.15) is 18.9 Å². The normalized spacial score (nSPS) is 24.5. The summed E-state index contributed by atoms with van der Waals surface area (Å²) in [6.07, 6.45) is 6.67. The van der Waals surface area contributed by atoms with Crippen LogP contribution in [0.25, 0.3) is 0 Å². The Morgan fingerprint density at radius 2 is 2.08 bits per heavy atom. The summed E-state index contributed by atoms with van der Waals surface area (Å²) in [5.41, 5.74) is -0.173. The lowest BCUT2D eigenvalue weighted by atomic mass is 9.83. The van der Waals surface area contributed by atoms with Crippen LogP contribution in [0, 0.1) is 5.41 Å². The predicted octanol–water partition coefficient (Wildman–Crippen LogP) is 2.33. The average Bonchev–Trinajstić information content (AvgIpc) is 3.03. The molecule has 0 radical (unpaired) electrons. The molecular formula is C18H18N2O4. The van der Waals surface area contributed by atoms with Gasteiger partial charge in [0.25, 0.3) is 0 Å². The van der Waals surface area contributed by atoms with E-state index >= 15 is 0 Å². The molecule has 1 aromatic carbocycles. The second kappa shape index (κ2) is 6.31. The Morgan fingerprint density at radius 1 is 1.33 bits per heavy atom. The van der Waals surface area contributed by atoms with Gasteiger partial charge in [0.15, 0.2) is 6.04 Å². The van der Waals surface area contributed by atoms with Crippen molar-refractivity contribution in [2.45, 2.75) is 26.0 Å². The van der Waals surface area contributed by atoms with E-state index < -0.39 is 23.4 Å². The number of esters is 1. The van der Waals surface area contributed by atoms with Crippen molar-refractivity contribution in [1.29, 1.82) is 0 Å². The Balaban J connectivity index is 1.69. The topological polar surface area (TPSA) is 79.2 Å². The van der Waals surface area contributed by atoms with Crippen LogP contribution in [-0.2, 0) is 20.9 Å². The lowest BCUT2D eigenvalue weighted by Gasteiger charge is -2.30. The van der Waals surface area contributed by atoms with Crippen molar-refractivity contribution >= 4 is 18.2 Å². The van der Waals surface area contributed by atoms with Gasteiger partial charge in [-0.15, -0.1) is 0 Å². The quantitative estimate of drug-likeness (QED) is 0.840. The zero-order valence-electron chi connectivity index (χ0n) is 13.3. The Kier molecular flexibility index (Phi) is 4.20. The van der Waals surface area contributed by atoms with Crippen molar-refractivity contribution in [3.63, 3.8) is 0 Å². The van der Waals surface area contributed by atoms with Gasteiger partial charge in [0.2, 0.25) is 0 Å². The number of nitrogens with zero attached hydrogens (tertiary/aromatic N) is 2. The zero-order valence-corrected chi connectivity index (χ0v) is 13.3. The Hall–Kier alpha value is -2.89. The number of aliphatic carboxylic acids is 1. The smallest absolute Gasteiger partial charge is 0.335 e. The Bertz CT molecular complexity index is 739. The second-order valence-corrected chi connectivity index (χ2v) is 5.74. The predicted molar refractivity (Wildman–Crippen MR) is 87.9 cm³/mol. The van der Waals surface area contributed by atoms with E-state index in [9.17, 15) is 14.7 Å². The molecule has 0 spiro atoms. The number of carboxylic acid groups (broad SMARTS) is 1. The number of carbonyl (C=O) groups is 2. The van der Waals surface area contributed by atoms with E-state index in [0.29, 0.717) is 12.2 Å². The van der Waals surface area contributed by atoms with Crippen LogP contribution >= 0.6 is 0 Å². The number of aliphatic imine (C=N–C) groups is 1. The van der Waals surface area contributed by atoms with Gasteiger partial charge in [0, 0.05) is 12.4 Å². The first-order chi connectivity index (χ1) is 11.6. The summed E-state index contributed by atoms with van der Waals surface area (Å²) in [4.78, 5) is 29.6. The first-order valence-electron chi connectivity index (χ1n) is 7.74. The number of rotatable bonds is 5. The summed E-state index contributed by atoms with van der Waals surface area (Å²) in [6, 6.07) is 8.75. The third-order valence-corrected chi connectivity index (χ3v) is 4.28. The monoisotopic (exact) mass is 326 g/mol. The molecule has 0 saturated carbocycles. The van der Waals surface area contributed by atoms with Gasteiger partial charge >= 0.3 is 11.9 Å². The fraction of sp³-hybridized carbons (Fsp3) is 0.278. The van der Waals surface area contributed by atoms with Crippen molar-refractivity contribution in [3.05, 3.63) is 60.1 Å². The molecule has 0 bridgehead atoms. The molecule has 3 rings (SSSR count). The molecule has 1 aromatic rings. The highest BCUT2D eigenvalue weighted by molar-refractivity contribution is 5.97. The number of fused-ring (bicyclic) bond motifs is 1. The van der Waals surface area contributed by atoms with Crippen molar-refractivity contribution in [1.82, 2.24) is 4.90 Å². The highest BCUT2D eigenvalue weighted by atomic mass is 16.5. The molecule has 24 heavy (non-hydrogen) atoms. The Morgan fingerprint density at radius 3 is 2.75 bits per heavy atom. The highest BCUT2D eigenvalue weighted by Crippen LogP contribution is 2.35. The number of hydrogen-bond acceptors (Lipinski definition) is 5. The van der Waals surface area contributed by atoms with Crippen LogP contribution in [-0.4, -0.2) is 34.2 Å². The van der Waals surface area contributed by atoms with Gasteiger partial charge in [-0.25, -0.2) is 9.79 Å². The average molecular weight is 326 g/mol. The first-order valence-corrected chi connectivity index (χ1v) is 7.74. The summed E-state index contributed by atoms with van der Waals surface area (Å²) in [5, 5.41) is 9.44. The van der Waals surface area contributed by atoms with Gasteiger partial charge < -0.3 is 14.7 Å². The number of carbonyl (C=O) groups excluding carboxylic acids is 1. The lowest BCUT2D eigenvalue weighted by molar-refractivity contribution is -0.147. The van der Waals surface area contributed by atoms with E-state index in [1.165, 1.54) is 6.21 Å². The molecule has 124 valence electrons. The summed E-state index contributed by atoms with van der Waals surface area (Å²) in [7, 11) is 0. The van der Waals surface area contributed by atoms with E-state index in [4.69, 9.17) is 4.74 Å². The molecule has 2 atom stereocenters. The van der Waals surface area contributed by atoms with Crippen molar-refractivity contribution in [2.75, 3.05) is 0 Å². The molecule has 1 N–H and O–H groups in total. The van der Waals surface area contributed by atoms with Gasteiger partial charge in [0.1, 0.15) is 17.8 Å². The molecule has 6 nitrogen and oxygen atoms in total. The third kappa shape index (κ3) is 2.82. The fourth-order valence-electron chi connectivity index (χ4n) is 2.69. The molecule has 2 unspecified atom stereocenters. The van der Waals surface area contributed by atoms with Crippen LogP contribution in [0.5, 0.6) is 0 Å². The van der Waals surface area contributed by atoms with Crippen molar-refractivity contribution in [2.24, 2.45) is 10.4 Å². The molecular weight excluding hydrogens is 308 g/mol. The summed E-state index contributed by atoms with van der Waals surface area (Å²) in [6.45, 7) is 1.99. The van der Waals surface area contributed by atoms with E-state index in [0.717, 1.165) is 5.56 Å². The molecule has 2 aliphatic heterocycles. The van der Waals surface area contributed by atoms with E-state index in [2.05, 4.69) is 4.99 Å². The van der Waals surface area contributed by atoms with Crippen molar-refractivity contribution in [3.8, 4) is 0 Å². The largest absolute Gasteiger partial charge is 0.480 e. The third-order valence-electron chi connectivity index (χ3n) is 4.28. The molecule has 2 heterocycles. The van der Waals surface area contributed by atoms with Gasteiger partial charge in [-0.2, -0.15) is 0 Å². The summed E-state index contributed by atoms with van der Waals surface area (Å²) in [5.74, 6) is -0.892. The van der Waals surface area contributed by atoms with E-state index in [1.54, 1.807) is 30.2 Å². The maximum Gasteiger partial charge on any atom is 0.335 e. The van der Waals surface area contributed by atoms with Gasteiger partial charge in [-0.3, -0.25) is 4.79 Å². The summed E-state index contributed by atoms with van der Waals surface area (Å²) >= 11 is 0. The van der Waals surface area contributed by atoms with Crippen molar-refractivity contribution < 1.29 is 19.4 Å². The lowest BCUT2D eigenvalue weighted by Crippen LogP contribution is -2.39. The van der Waals surface area contributed by atoms with Crippen LogP contribution in [0.3, 0.4) is 0 Å². The van der Waals surface area contributed by atoms with Crippen LogP contribution in [0.2, 0.25) is 0 Å². The maximum absolute atomic E-state index is 12.3. The van der Waals surface area contributed by atoms with Crippen LogP contribution in [0.15, 0.2) is 59.5 Å². The van der Waals surface area contributed by atoms with E-state index in [-0.39, 0.29) is 6.61 Å². The fourth-order valence-corrected chi connectivity index (χ4v) is 2.69. The van der Waals surface area contributed by atoms with Crippen LogP contribution in [0.4, 0.5) is 0 Å². The molecule has 0 fully saturated rings. The molecule has 0 aliphatic carbocycles. The first kappa shape index (κ1) is 16.0. The number of ether oxygens (including phenoxy) is 1. The number of benzene rings is 1. The van der Waals surface area contributed by atoms with Gasteiger partial charge in [0.05, 0.1) is 0 Å². The minimum absolute atomic E-state index is 0.189. The molecule has 2 aliphatic rings.